The van der Waals surface area contributed by atoms with Crippen molar-refractivity contribution >= 4 is 23.5 Å². The standard InChI is InChI=1S/C26H25N5OS/c1-31(2)24-16-23(20-8-4-3-5-9-20)29-26(30-24)33-18-19-11-13-21(14-12-19)25(32)28-17-22-10-6-7-15-27-22/h3-16H,17-18H2,1-2H3,(H,28,32). The van der Waals surface area contributed by atoms with E-state index in [9.17, 15) is 4.79 Å². The highest BCUT2D eigenvalue weighted by Crippen LogP contribution is 2.26. The summed E-state index contributed by atoms with van der Waals surface area (Å²) in [6.07, 6.45) is 1.72. The molecular weight excluding hydrogens is 430 g/mol. The van der Waals surface area contributed by atoms with Crippen molar-refractivity contribution in [2.75, 3.05) is 19.0 Å². The van der Waals surface area contributed by atoms with Gasteiger partial charge in [0.2, 0.25) is 0 Å². The number of hydrogen-bond acceptors (Lipinski definition) is 6. The lowest BCUT2D eigenvalue weighted by Gasteiger charge is -2.14. The van der Waals surface area contributed by atoms with Gasteiger partial charge in [0.15, 0.2) is 5.16 Å². The highest BCUT2D eigenvalue weighted by atomic mass is 32.2. The van der Waals surface area contributed by atoms with E-state index >= 15 is 0 Å². The van der Waals surface area contributed by atoms with E-state index in [1.807, 2.05) is 97.9 Å². The summed E-state index contributed by atoms with van der Waals surface area (Å²) in [5.41, 5.74) is 4.51. The van der Waals surface area contributed by atoms with E-state index in [0.717, 1.165) is 33.5 Å². The third-order valence-electron chi connectivity index (χ3n) is 4.96. The largest absolute Gasteiger partial charge is 0.363 e. The van der Waals surface area contributed by atoms with Crippen LogP contribution >= 0.6 is 11.8 Å². The monoisotopic (exact) mass is 455 g/mol. The molecule has 0 aliphatic heterocycles. The molecule has 0 fully saturated rings. The molecule has 7 heteroatoms. The quantitative estimate of drug-likeness (QED) is 0.303. The molecule has 0 aliphatic carbocycles. The van der Waals surface area contributed by atoms with Crippen LogP contribution in [0, 0.1) is 0 Å². The second-order valence-electron chi connectivity index (χ2n) is 7.64. The van der Waals surface area contributed by atoms with Crippen LogP contribution < -0.4 is 10.2 Å². The Bertz CT molecular complexity index is 1200. The smallest absolute Gasteiger partial charge is 0.251 e. The second kappa shape index (κ2) is 10.7. The number of hydrogen-bond donors (Lipinski definition) is 1. The number of nitrogens with zero attached hydrogens (tertiary/aromatic N) is 4. The molecule has 2 heterocycles. The summed E-state index contributed by atoms with van der Waals surface area (Å²) in [6, 6.07) is 25.4. The first-order valence-electron chi connectivity index (χ1n) is 10.6. The summed E-state index contributed by atoms with van der Waals surface area (Å²) < 4.78 is 0. The molecule has 1 N–H and O–H groups in total. The van der Waals surface area contributed by atoms with Gasteiger partial charge < -0.3 is 10.2 Å². The lowest BCUT2D eigenvalue weighted by molar-refractivity contribution is 0.0950. The minimum atomic E-state index is -0.116. The molecule has 0 saturated carbocycles. The van der Waals surface area contributed by atoms with E-state index in [0.29, 0.717) is 17.9 Å². The minimum absolute atomic E-state index is 0.116. The summed E-state index contributed by atoms with van der Waals surface area (Å²) in [6.45, 7) is 0.403. The van der Waals surface area contributed by atoms with E-state index < -0.39 is 0 Å². The van der Waals surface area contributed by atoms with Gasteiger partial charge >= 0.3 is 0 Å². The van der Waals surface area contributed by atoms with Crippen molar-refractivity contribution < 1.29 is 4.79 Å². The SMILES string of the molecule is CN(C)c1cc(-c2ccccc2)nc(SCc2ccc(C(=O)NCc3ccccn3)cc2)n1. The van der Waals surface area contributed by atoms with Crippen LogP contribution in [0.15, 0.2) is 90.2 Å². The first-order chi connectivity index (χ1) is 16.1. The first-order valence-corrected chi connectivity index (χ1v) is 11.6. The van der Waals surface area contributed by atoms with Crippen LogP contribution in [0.3, 0.4) is 0 Å². The molecule has 1 amide bonds. The molecule has 166 valence electrons. The van der Waals surface area contributed by atoms with Crippen molar-refractivity contribution in [2.45, 2.75) is 17.5 Å². The molecule has 0 aliphatic rings. The van der Waals surface area contributed by atoms with Gasteiger partial charge in [0.05, 0.1) is 17.9 Å². The summed E-state index contributed by atoms with van der Waals surface area (Å²) in [4.78, 5) is 28.1. The van der Waals surface area contributed by atoms with Crippen LogP contribution in [0.4, 0.5) is 5.82 Å². The molecular formula is C26H25N5OS. The number of nitrogens with one attached hydrogen (secondary N) is 1. The van der Waals surface area contributed by atoms with E-state index in [4.69, 9.17) is 4.98 Å². The fraction of sp³-hybridized carbons (Fsp3) is 0.154. The van der Waals surface area contributed by atoms with Gasteiger partial charge in [-0.15, -0.1) is 0 Å². The number of benzene rings is 2. The number of carbonyl (C=O) groups is 1. The van der Waals surface area contributed by atoms with E-state index in [-0.39, 0.29) is 5.91 Å². The van der Waals surface area contributed by atoms with E-state index in [2.05, 4.69) is 15.3 Å². The average Bonchev–Trinajstić information content (AvgIpc) is 2.87. The molecule has 0 atom stereocenters. The fourth-order valence-corrected chi connectivity index (χ4v) is 3.95. The summed E-state index contributed by atoms with van der Waals surface area (Å²) in [5.74, 6) is 1.46. The zero-order chi connectivity index (χ0) is 23.0. The Morgan fingerprint density at radius 3 is 2.39 bits per heavy atom. The predicted molar refractivity (Wildman–Crippen MR) is 133 cm³/mol. The summed E-state index contributed by atoms with van der Waals surface area (Å²) in [5, 5.41) is 3.62. The van der Waals surface area contributed by atoms with Gasteiger partial charge in [0.1, 0.15) is 5.82 Å². The van der Waals surface area contributed by atoms with Crippen molar-refractivity contribution in [3.63, 3.8) is 0 Å². The van der Waals surface area contributed by atoms with Crippen molar-refractivity contribution in [3.8, 4) is 11.3 Å². The van der Waals surface area contributed by atoms with E-state index in [1.54, 1.807) is 18.0 Å². The highest BCUT2D eigenvalue weighted by Gasteiger charge is 2.10. The molecule has 6 nitrogen and oxygen atoms in total. The molecule has 2 aromatic heterocycles. The lowest BCUT2D eigenvalue weighted by atomic mass is 10.1. The van der Waals surface area contributed by atoms with Crippen LogP contribution in [0.5, 0.6) is 0 Å². The van der Waals surface area contributed by atoms with Crippen LogP contribution in [0.1, 0.15) is 21.6 Å². The van der Waals surface area contributed by atoms with Gasteiger partial charge in [-0.05, 0) is 29.8 Å². The number of amides is 1. The normalized spacial score (nSPS) is 10.6. The summed E-state index contributed by atoms with van der Waals surface area (Å²) in [7, 11) is 3.95. The molecule has 0 unspecified atom stereocenters. The van der Waals surface area contributed by atoms with Gasteiger partial charge in [-0.25, -0.2) is 9.97 Å². The molecule has 4 rings (SSSR count). The Morgan fingerprint density at radius 1 is 0.939 bits per heavy atom. The van der Waals surface area contributed by atoms with Crippen molar-refractivity contribution in [1.82, 2.24) is 20.3 Å². The maximum Gasteiger partial charge on any atom is 0.251 e. The first kappa shape index (κ1) is 22.5. The van der Waals surface area contributed by atoms with Crippen molar-refractivity contribution in [3.05, 3.63) is 102 Å². The number of thioether (sulfide) groups is 1. The highest BCUT2D eigenvalue weighted by molar-refractivity contribution is 7.98. The van der Waals surface area contributed by atoms with Gasteiger partial charge in [-0.1, -0.05) is 60.3 Å². The maximum absolute atomic E-state index is 12.4. The maximum atomic E-state index is 12.4. The second-order valence-corrected chi connectivity index (χ2v) is 8.59. The number of aromatic nitrogens is 3. The Balaban J connectivity index is 1.40. The van der Waals surface area contributed by atoms with Crippen molar-refractivity contribution in [1.29, 1.82) is 0 Å². The molecule has 2 aromatic carbocycles. The third kappa shape index (κ3) is 6.17. The van der Waals surface area contributed by atoms with Crippen LogP contribution in [-0.2, 0) is 12.3 Å². The fourth-order valence-electron chi connectivity index (χ4n) is 3.14. The number of anilines is 1. The van der Waals surface area contributed by atoms with Crippen LogP contribution in [0.2, 0.25) is 0 Å². The third-order valence-corrected chi connectivity index (χ3v) is 5.88. The number of carbonyl (C=O) groups excluding carboxylic acids is 1. The Hall–Kier alpha value is -3.71. The molecule has 4 aromatic rings. The molecule has 0 saturated heterocycles. The predicted octanol–water partition coefficient (Wildman–Crippen LogP) is 4.83. The molecule has 0 spiro atoms. The minimum Gasteiger partial charge on any atom is -0.363 e. The Morgan fingerprint density at radius 2 is 1.70 bits per heavy atom. The van der Waals surface area contributed by atoms with Gasteiger partial charge in [-0.2, -0.15) is 0 Å². The summed E-state index contributed by atoms with van der Waals surface area (Å²) >= 11 is 1.58. The molecule has 0 bridgehead atoms. The zero-order valence-corrected chi connectivity index (χ0v) is 19.4. The zero-order valence-electron chi connectivity index (χ0n) is 18.6. The van der Waals surface area contributed by atoms with Crippen LogP contribution in [-0.4, -0.2) is 35.0 Å². The van der Waals surface area contributed by atoms with Crippen LogP contribution in [0.25, 0.3) is 11.3 Å². The molecule has 33 heavy (non-hydrogen) atoms. The lowest BCUT2D eigenvalue weighted by Crippen LogP contribution is -2.23. The van der Waals surface area contributed by atoms with Gasteiger partial charge in [0, 0.05) is 43.2 Å². The Kier molecular flexibility index (Phi) is 7.32. The number of pyridine rings is 1. The van der Waals surface area contributed by atoms with Gasteiger partial charge in [0.25, 0.3) is 5.91 Å². The molecule has 0 radical (unpaired) electrons. The van der Waals surface area contributed by atoms with Gasteiger partial charge in [-0.3, -0.25) is 9.78 Å². The topological polar surface area (TPSA) is 71.0 Å². The van der Waals surface area contributed by atoms with Crippen molar-refractivity contribution in [2.24, 2.45) is 0 Å². The average molecular weight is 456 g/mol. The van der Waals surface area contributed by atoms with E-state index in [1.165, 1.54) is 0 Å². The Labute approximate surface area is 198 Å². The number of rotatable bonds is 8.